The lowest BCUT2D eigenvalue weighted by atomic mass is 9.54. The molecule has 1 amide bonds. The number of aromatic hydroxyl groups is 1. The Balaban J connectivity index is 1.69. The van der Waals surface area contributed by atoms with Gasteiger partial charge in [0.05, 0.1) is 0 Å². The van der Waals surface area contributed by atoms with Crippen LogP contribution in [-0.2, 0) is 11.2 Å². The van der Waals surface area contributed by atoms with Gasteiger partial charge >= 0.3 is 0 Å². The monoisotopic (exact) mass is 299 g/mol. The number of phenolic OH excluding ortho intramolecular Hbond substituents is 1. The molecule has 0 aromatic heterocycles. The van der Waals surface area contributed by atoms with Crippen molar-refractivity contribution in [3.05, 3.63) is 29.3 Å². The molecule has 3 heteroatoms. The van der Waals surface area contributed by atoms with Gasteiger partial charge in [0.2, 0.25) is 5.91 Å². The Labute approximate surface area is 131 Å². The lowest BCUT2D eigenvalue weighted by molar-refractivity contribution is -0.126. The van der Waals surface area contributed by atoms with Gasteiger partial charge in [0, 0.05) is 5.92 Å². The quantitative estimate of drug-likeness (QED) is 0.835. The molecule has 0 saturated heterocycles. The summed E-state index contributed by atoms with van der Waals surface area (Å²) >= 11 is 0. The van der Waals surface area contributed by atoms with Gasteiger partial charge in [-0.25, -0.2) is 0 Å². The minimum Gasteiger partial charge on any atom is -0.508 e. The van der Waals surface area contributed by atoms with E-state index in [1.54, 1.807) is 0 Å². The molecule has 3 N–H and O–H groups in total. The van der Waals surface area contributed by atoms with Crippen molar-refractivity contribution in [2.75, 3.05) is 0 Å². The van der Waals surface area contributed by atoms with Crippen molar-refractivity contribution in [2.24, 2.45) is 28.9 Å². The summed E-state index contributed by atoms with van der Waals surface area (Å²) in [6.07, 6.45) is 6.62. The Bertz CT molecular complexity index is 626. The first-order valence-corrected chi connectivity index (χ1v) is 8.62. The van der Waals surface area contributed by atoms with Crippen molar-refractivity contribution in [2.45, 2.75) is 51.4 Å². The third-order valence-corrected chi connectivity index (χ3v) is 7.05. The van der Waals surface area contributed by atoms with E-state index < -0.39 is 0 Å². The predicted octanol–water partition coefficient (Wildman–Crippen LogP) is 3.35. The van der Waals surface area contributed by atoms with Gasteiger partial charge in [-0.1, -0.05) is 13.0 Å². The van der Waals surface area contributed by atoms with Crippen LogP contribution in [0.15, 0.2) is 18.2 Å². The molecule has 0 aliphatic heterocycles. The molecule has 0 spiro atoms. The number of carbonyl (C=O) groups excluding carboxylic acids is 1. The van der Waals surface area contributed by atoms with E-state index in [0.29, 0.717) is 23.5 Å². The van der Waals surface area contributed by atoms with Gasteiger partial charge < -0.3 is 10.8 Å². The van der Waals surface area contributed by atoms with Crippen LogP contribution in [0.1, 0.15) is 56.1 Å². The largest absolute Gasteiger partial charge is 0.508 e. The minimum absolute atomic E-state index is 0.0691. The molecule has 4 unspecified atom stereocenters. The zero-order chi connectivity index (χ0) is 15.5. The summed E-state index contributed by atoms with van der Waals surface area (Å²) in [4.78, 5) is 11.9. The number of phenols is 1. The first-order chi connectivity index (χ1) is 10.5. The molecule has 2 saturated carbocycles. The summed E-state index contributed by atoms with van der Waals surface area (Å²) in [5, 5.41) is 9.72. The van der Waals surface area contributed by atoms with Gasteiger partial charge in [-0.2, -0.15) is 0 Å². The molecule has 1 aromatic rings. The lowest BCUT2D eigenvalue weighted by Crippen LogP contribution is -2.45. The molecular formula is C19H25NO2. The van der Waals surface area contributed by atoms with E-state index in [1.807, 2.05) is 12.1 Å². The van der Waals surface area contributed by atoms with Crippen LogP contribution in [0, 0.1) is 23.2 Å². The smallest absolute Gasteiger partial charge is 0.221 e. The first kappa shape index (κ1) is 14.1. The Hall–Kier alpha value is -1.51. The van der Waals surface area contributed by atoms with Crippen molar-refractivity contribution in [1.29, 1.82) is 0 Å². The number of hydrogen-bond acceptors (Lipinski definition) is 2. The highest BCUT2D eigenvalue weighted by molar-refractivity contribution is 5.78. The number of fused-ring (bicyclic) bond motifs is 5. The first-order valence-electron chi connectivity index (χ1n) is 8.62. The maximum Gasteiger partial charge on any atom is 0.221 e. The minimum atomic E-state index is -0.0930. The molecule has 0 bridgehead atoms. The van der Waals surface area contributed by atoms with E-state index in [0.717, 1.165) is 32.1 Å². The molecule has 0 heterocycles. The van der Waals surface area contributed by atoms with Crippen LogP contribution in [0.25, 0.3) is 0 Å². The fourth-order valence-corrected chi connectivity index (χ4v) is 6.04. The topological polar surface area (TPSA) is 63.3 Å². The predicted molar refractivity (Wildman–Crippen MR) is 85.4 cm³/mol. The number of nitrogens with two attached hydrogens (primary N) is 1. The van der Waals surface area contributed by atoms with Gasteiger partial charge in [-0.05, 0) is 85.0 Å². The van der Waals surface area contributed by atoms with E-state index in [4.69, 9.17) is 5.73 Å². The number of rotatable bonds is 1. The SMILES string of the molecule is C[C@]12CCC3c4ccc(O)cc4CCC3C1CCC2C(N)=O. The zero-order valence-electron chi connectivity index (χ0n) is 13.2. The zero-order valence-corrected chi connectivity index (χ0v) is 13.2. The second kappa shape index (κ2) is 4.74. The molecule has 5 atom stereocenters. The number of amides is 1. The third-order valence-electron chi connectivity index (χ3n) is 7.05. The Morgan fingerprint density at radius 1 is 1.27 bits per heavy atom. The lowest BCUT2D eigenvalue weighted by Gasteiger charge is -2.50. The average molecular weight is 299 g/mol. The summed E-state index contributed by atoms with van der Waals surface area (Å²) in [6.45, 7) is 2.31. The van der Waals surface area contributed by atoms with Gasteiger partial charge in [0.1, 0.15) is 5.75 Å². The van der Waals surface area contributed by atoms with Crippen LogP contribution in [0.2, 0.25) is 0 Å². The molecule has 22 heavy (non-hydrogen) atoms. The van der Waals surface area contributed by atoms with Crippen LogP contribution >= 0.6 is 0 Å². The fourth-order valence-electron chi connectivity index (χ4n) is 6.04. The van der Waals surface area contributed by atoms with Crippen molar-refractivity contribution < 1.29 is 9.90 Å². The maximum atomic E-state index is 11.9. The summed E-state index contributed by atoms with van der Waals surface area (Å²) < 4.78 is 0. The van der Waals surface area contributed by atoms with Crippen LogP contribution in [0.5, 0.6) is 5.75 Å². The number of aryl methyl sites for hydroxylation is 1. The van der Waals surface area contributed by atoms with Crippen molar-refractivity contribution in [1.82, 2.24) is 0 Å². The average Bonchev–Trinajstić information content (AvgIpc) is 2.84. The van der Waals surface area contributed by atoms with Gasteiger partial charge in [0.15, 0.2) is 0 Å². The van der Waals surface area contributed by atoms with Gasteiger partial charge in [0.25, 0.3) is 0 Å². The molecule has 1 aromatic carbocycles. The third kappa shape index (κ3) is 1.84. The number of benzene rings is 1. The molecule has 3 aliphatic rings. The number of carbonyl (C=O) groups is 1. The second-order valence-electron chi connectivity index (χ2n) is 7.88. The van der Waals surface area contributed by atoms with E-state index in [2.05, 4.69) is 13.0 Å². The van der Waals surface area contributed by atoms with Gasteiger partial charge in [-0.15, -0.1) is 0 Å². The van der Waals surface area contributed by atoms with Crippen LogP contribution in [0.4, 0.5) is 0 Å². The van der Waals surface area contributed by atoms with E-state index in [-0.39, 0.29) is 17.2 Å². The summed E-state index contributed by atoms with van der Waals surface area (Å²) in [5.41, 5.74) is 8.57. The molecule has 3 aliphatic carbocycles. The standard InChI is InChI=1S/C19H25NO2/c1-19-9-8-14-13-5-3-12(21)10-11(13)2-4-15(14)16(19)6-7-17(19)18(20)22/h3,5,10,14-17,21H,2,4,6-9H2,1H3,(H2,20,22)/t14?,15?,16?,17?,19-/m0/s1. The van der Waals surface area contributed by atoms with Crippen LogP contribution in [0.3, 0.4) is 0 Å². The number of hydrogen-bond donors (Lipinski definition) is 2. The van der Waals surface area contributed by atoms with E-state index in [9.17, 15) is 9.90 Å². The van der Waals surface area contributed by atoms with Crippen molar-refractivity contribution in [3.63, 3.8) is 0 Å². The Kier molecular flexibility index (Phi) is 3.04. The van der Waals surface area contributed by atoms with Crippen molar-refractivity contribution in [3.8, 4) is 5.75 Å². The van der Waals surface area contributed by atoms with Gasteiger partial charge in [-0.3, -0.25) is 4.79 Å². The van der Waals surface area contributed by atoms with Crippen LogP contribution < -0.4 is 5.73 Å². The summed E-state index contributed by atoms with van der Waals surface area (Å²) in [5.74, 6) is 2.27. The normalized spacial score (nSPS) is 39.7. The molecule has 4 rings (SSSR count). The second-order valence-corrected chi connectivity index (χ2v) is 7.88. The van der Waals surface area contributed by atoms with Crippen LogP contribution in [-0.4, -0.2) is 11.0 Å². The highest BCUT2D eigenvalue weighted by Gasteiger charge is 2.56. The Morgan fingerprint density at radius 3 is 2.86 bits per heavy atom. The highest BCUT2D eigenvalue weighted by Crippen LogP contribution is 2.62. The summed E-state index contributed by atoms with van der Waals surface area (Å²) in [6, 6.07) is 5.90. The molecular weight excluding hydrogens is 274 g/mol. The fraction of sp³-hybridized carbons (Fsp3) is 0.632. The molecule has 118 valence electrons. The van der Waals surface area contributed by atoms with Crippen molar-refractivity contribution >= 4 is 5.91 Å². The van der Waals surface area contributed by atoms with E-state index >= 15 is 0 Å². The molecule has 3 nitrogen and oxygen atoms in total. The number of primary amides is 1. The van der Waals surface area contributed by atoms with E-state index in [1.165, 1.54) is 17.5 Å². The summed E-state index contributed by atoms with van der Waals surface area (Å²) in [7, 11) is 0. The maximum absolute atomic E-state index is 11.9. The highest BCUT2D eigenvalue weighted by atomic mass is 16.3. The molecule has 2 fully saturated rings. The molecule has 0 radical (unpaired) electrons. The Morgan fingerprint density at radius 2 is 2.09 bits per heavy atom.